The highest BCUT2D eigenvalue weighted by molar-refractivity contribution is 5.45. The molecule has 3 N–H and O–H groups in total. The highest BCUT2D eigenvalue weighted by Crippen LogP contribution is 2.26. The van der Waals surface area contributed by atoms with Crippen molar-refractivity contribution in [1.82, 2.24) is 5.32 Å². The summed E-state index contributed by atoms with van der Waals surface area (Å²) >= 11 is 0. The van der Waals surface area contributed by atoms with E-state index >= 15 is 0 Å². The van der Waals surface area contributed by atoms with Crippen LogP contribution in [0.15, 0.2) is 18.2 Å². The van der Waals surface area contributed by atoms with Crippen LogP contribution < -0.4 is 11.1 Å². The Labute approximate surface area is 91.9 Å². The number of nitrogens with two attached hydrogens (primary N) is 1. The second-order valence-corrected chi connectivity index (χ2v) is 4.44. The van der Waals surface area contributed by atoms with Gasteiger partial charge in [-0.1, -0.05) is 13.0 Å². The molecule has 1 aliphatic carbocycles. The molecule has 0 aromatic heterocycles. The minimum atomic E-state index is 0.791. The van der Waals surface area contributed by atoms with E-state index in [0.717, 1.165) is 24.7 Å². The van der Waals surface area contributed by atoms with E-state index in [9.17, 15) is 0 Å². The minimum Gasteiger partial charge on any atom is -0.399 e. The third-order valence-corrected chi connectivity index (χ3v) is 3.24. The molecule has 2 rings (SSSR count). The van der Waals surface area contributed by atoms with Crippen LogP contribution in [0.1, 0.15) is 24.5 Å². The minimum absolute atomic E-state index is 0.791. The molecule has 0 amide bonds. The van der Waals surface area contributed by atoms with Crippen LogP contribution in [0.25, 0.3) is 0 Å². The van der Waals surface area contributed by atoms with Gasteiger partial charge in [0, 0.05) is 5.69 Å². The molecule has 1 aromatic carbocycles. The van der Waals surface area contributed by atoms with E-state index in [1.54, 1.807) is 0 Å². The van der Waals surface area contributed by atoms with Gasteiger partial charge in [-0.15, -0.1) is 0 Å². The molecule has 0 bridgehead atoms. The lowest BCUT2D eigenvalue weighted by molar-refractivity contribution is 0.430. The number of nitrogens with one attached hydrogen (secondary N) is 1. The molecule has 82 valence electrons. The van der Waals surface area contributed by atoms with Gasteiger partial charge in [-0.25, -0.2) is 0 Å². The van der Waals surface area contributed by atoms with E-state index < -0.39 is 0 Å². The highest BCUT2D eigenvalue weighted by Gasteiger charge is 2.17. The Bertz CT molecular complexity index is 333. The topological polar surface area (TPSA) is 38.0 Å². The van der Waals surface area contributed by atoms with Gasteiger partial charge in [0.1, 0.15) is 0 Å². The lowest BCUT2D eigenvalue weighted by Crippen LogP contribution is -2.27. The molecule has 1 aromatic rings. The van der Waals surface area contributed by atoms with Crippen molar-refractivity contribution in [3.8, 4) is 0 Å². The molecule has 0 saturated carbocycles. The first-order chi connectivity index (χ1) is 7.29. The quantitative estimate of drug-likeness (QED) is 0.739. The zero-order chi connectivity index (χ0) is 10.7. The lowest BCUT2D eigenvalue weighted by Gasteiger charge is -2.25. The standard InChI is InChI=1S/C13H20N2/c1-2-15-9-10-3-4-11-5-6-13(14)8-12(11)7-10/h5-6,8,10,15H,2-4,7,9,14H2,1H3. The van der Waals surface area contributed by atoms with Crippen molar-refractivity contribution in [2.75, 3.05) is 18.8 Å². The van der Waals surface area contributed by atoms with Crippen molar-refractivity contribution >= 4 is 5.69 Å². The van der Waals surface area contributed by atoms with Crippen LogP contribution >= 0.6 is 0 Å². The largest absolute Gasteiger partial charge is 0.399 e. The normalized spacial score (nSPS) is 19.9. The molecule has 0 aliphatic heterocycles. The van der Waals surface area contributed by atoms with E-state index in [1.165, 1.54) is 30.4 Å². The molecule has 1 aliphatic rings. The van der Waals surface area contributed by atoms with Gasteiger partial charge in [-0.2, -0.15) is 0 Å². The van der Waals surface area contributed by atoms with Crippen molar-refractivity contribution in [2.24, 2.45) is 5.92 Å². The van der Waals surface area contributed by atoms with Gasteiger partial charge >= 0.3 is 0 Å². The zero-order valence-electron chi connectivity index (χ0n) is 9.42. The fraction of sp³-hybridized carbons (Fsp3) is 0.538. The van der Waals surface area contributed by atoms with Crippen LogP contribution in [0.2, 0.25) is 0 Å². The van der Waals surface area contributed by atoms with Crippen LogP contribution in [-0.4, -0.2) is 13.1 Å². The first kappa shape index (κ1) is 10.5. The van der Waals surface area contributed by atoms with E-state index in [-0.39, 0.29) is 0 Å². The fourth-order valence-electron chi connectivity index (χ4n) is 2.38. The van der Waals surface area contributed by atoms with Crippen molar-refractivity contribution in [2.45, 2.75) is 26.2 Å². The first-order valence-corrected chi connectivity index (χ1v) is 5.87. The number of benzene rings is 1. The summed E-state index contributed by atoms with van der Waals surface area (Å²) in [6.45, 7) is 4.37. The van der Waals surface area contributed by atoms with Gasteiger partial charge in [0.2, 0.25) is 0 Å². The average Bonchev–Trinajstić information content (AvgIpc) is 2.25. The van der Waals surface area contributed by atoms with Crippen molar-refractivity contribution in [1.29, 1.82) is 0 Å². The second-order valence-electron chi connectivity index (χ2n) is 4.44. The lowest BCUT2D eigenvalue weighted by atomic mass is 9.83. The number of hydrogen-bond donors (Lipinski definition) is 2. The van der Waals surface area contributed by atoms with E-state index in [4.69, 9.17) is 5.73 Å². The molecule has 2 heteroatoms. The number of rotatable bonds is 3. The average molecular weight is 204 g/mol. The number of nitrogen functional groups attached to an aromatic ring is 1. The van der Waals surface area contributed by atoms with E-state index in [0.29, 0.717) is 0 Å². The maximum atomic E-state index is 5.81. The Kier molecular flexibility index (Phi) is 3.27. The van der Waals surface area contributed by atoms with E-state index in [1.807, 2.05) is 6.07 Å². The summed E-state index contributed by atoms with van der Waals surface area (Å²) in [7, 11) is 0. The molecule has 0 radical (unpaired) electrons. The predicted octanol–water partition coefficient (Wildman–Crippen LogP) is 1.98. The van der Waals surface area contributed by atoms with Crippen LogP contribution in [0.5, 0.6) is 0 Å². The van der Waals surface area contributed by atoms with Gasteiger partial charge in [-0.05, 0) is 61.5 Å². The third kappa shape index (κ3) is 2.51. The Morgan fingerprint density at radius 2 is 2.27 bits per heavy atom. The molecule has 2 nitrogen and oxygen atoms in total. The van der Waals surface area contributed by atoms with Crippen molar-refractivity contribution in [3.63, 3.8) is 0 Å². The Balaban J connectivity index is 2.05. The third-order valence-electron chi connectivity index (χ3n) is 3.24. The molecule has 0 saturated heterocycles. The SMILES string of the molecule is CCNCC1CCc2ccc(N)cc2C1. The van der Waals surface area contributed by atoms with Crippen LogP contribution in [0, 0.1) is 5.92 Å². The molecule has 1 unspecified atom stereocenters. The summed E-state index contributed by atoms with van der Waals surface area (Å²) in [5.74, 6) is 0.791. The Morgan fingerprint density at radius 3 is 3.07 bits per heavy atom. The summed E-state index contributed by atoms with van der Waals surface area (Å²) < 4.78 is 0. The van der Waals surface area contributed by atoms with E-state index in [2.05, 4.69) is 24.4 Å². The first-order valence-electron chi connectivity index (χ1n) is 5.87. The maximum Gasteiger partial charge on any atom is 0.0316 e. The predicted molar refractivity (Wildman–Crippen MR) is 64.9 cm³/mol. The molecule has 0 heterocycles. The maximum absolute atomic E-state index is 5.81. The fourth-order valence-corrected chi connectivity index (χ4v) is 2.38. The van der Waals surface area contributed by atoms with Crippen LogP contribution in [0.4, 0.5) is 5.69 Å². The number of hydrogen-bond acceptors (Lipinski definition) is 2. The zero-order valence-corrected chi connectivity index (χ0v) is 9.42. The molecule has 0 fully saturated rings. The second kappa shape index (κ2) is 4.67. The van der Waals surface area contributed by atoms with Gasteiger partial charge in [0.15, 0.2) is 0 Å². The van der Waals surface area contributed by atoms with Gasteiger partial charge in [0.25, 0.3) is 0 Å². The smallest absolute Gasteiger partial charge is 0.0316 e. The highest BCUT2D eigenvalue weighted by atomic mass is 14.8. The summed E-state index contributed by atoms with van der Waals surface area (Å²) in [6.07, 6.45) is 3.71. The summed E-state index contributed by atoms with van der Waals surface area (Å²) in [4.78, 5) is 0. The molecular formula is C13H20N2. The molecular weight excluding hydrogens is 184 g/mol. The number of anilines is 1. The number of aryl methyl sites for hydroxylation is 1. The Hall–Kier alpha value is -1.02. The monoisotopic (exact) mass is 204 g/mol. The summed E-state index contributed by atoms with van der Waals surface area (Å²) in [6, 6.07) is 6.35. The summed E-state index contributed by atoms with van der Waals surface area (Å²) in [5, 5.41) is 3.43. The van der Waals surface area contributed by atoms with Crippen molar-refractivity contribution in [3.05, 3.63) is 29.3 Å². The van der Waals surface area contributed by atoms with Crippen LogP contribution in [0.3, 0.4) is 0 Å². The summed E-state index contributed by atoms with van der Waals surface area (Å²) in [5.41, 5.74) is 9.67. The van der Waals surface area contributed by atoms with Crippen LogP contribution in [-0.2, 0) is 12.8 Å². The van der Waals surface area contributed by atoms with Gasteiger partial charge in [-0.3, -0.25) is 0 Å². The molecule has 15 heavy (non-hydrogen) atoms. The Morgan fingerprint density at radius 1 is 1.40 bits per heavy atom. The van der Waals surface area contributed by atoms with Gasteiger partial charge in [0.05, 0.1) is 0 Å². The number of fused-ring (bicyclic) bond motifs is 1. The molecule has 1 atom stereocenters. The molecule has 0 spiro atoms. The van der Waals surface area contributed by atoms with Gasteiger partial charge < -0.3 is 11.1 Å². The van der Waals surface area contributed by atoms with Crippen molar-refractivity contribution < 1.29 is 0 Å².